The summed E-state index contributed by atoms with van der Waals surface area (Å²) in [5, 5.41) is 20.6. The molecule has 19 heavy (non-hydrogen) atoms. The van der Waals surface area contributed by atoms with E-state index in [0.29, 0.717) is 18.5 Å². The maximum atomic E-state index is 12.0. The van der Waals surface area contributed by atoms with E-state index in [1.165, 1.54) is 6.92 Å². The lowest BCUT2D eigenvalue weighted by Crippen LogP contribution is -2.47. The monoisotopic (exact) mass is 266 g/mol. The van der Waals surface area contributed by atoms with E-state index in [2.05, 4.69) is 5.32 Å². The van der Waals surface area contributed by atoms with Gasteiger partial charge in [-0.2, -0.15) is 0 Å². The van der Waals surface area contributed by atoms with Gasteiger partial charge in [0.15, 0.2) is 6.04 Å². The van der Waals surface area contributed by atoms with E-state index in [1.54, 1.807) is 24.3 Å². The fraction of sp³-hybridized carbons (Fsp3) is 0.385. The van der Waals surface area contributed by atoms with Gasteiger partial charge in [-0.15, -0.1) is 0 Å². The molecule has 0 bridgehead atoms. The molecule has 104 valence electrons. The molecule has 0 radical (unpaired) electrons. The topological polar surface area (TPSA) is 113 Å². The lowest BCUT2D eigenvalue weighted by Gasteiger charge is -2.18. The third-order valence-electron chi connectivity index (χ3n) is 2.71. The zero-order chi connectivity index (χ0) is 14.4. The van der Waals surface area contributed by atoms with E-state index in [4.69, 9.17) is 10.8 Å². The lowest BCUT2D eigenvalue weighted by molar-refractivity contribution is -0.141. The van der Waals surface area contributed by atoms with Crippen molar-refractivity contribution in [2.45, 2.75) is 25.5 Å². The minimum absolute atomic E-state index is 0.375. The van der Waals surface area contributed by atoms with Crippen molar-refractivity contribution in [3.05, 3.63) is 35.4 Å². The number of carboxylic acids is 1. The Morgan fingerprint density at radius 1 is 1.37 bits per heavy atom. The molecule has 0 heterocycles. The van der Waals surface area contributed by atoms with Gasteiger partial charge in [-0.05, 0) is 31.5 Å². The van der Waals surface area contributed by atoms with Crippen LogP contribution >= 0.6 is 0 Å². The molecule has 0 saturated carbocycles. The first-order valence-corrected chi connectivity index (χ1v) is 5.97. The van der Waals surface area contributed by atoms with Crippen LogP contribution < -0.4 is 11.1 Å². The highest BCUT2D eigenvalue weighted by molar-refractivity contribution is 5.98. The molecule has 0 aromatic heterocycles. The minimum Gasteiger partial charge on any atom is -0.480 e. The Morgan fingerprint density at radius 3 is 2.53 bits per heavy atom. The van der Waals surface area contributed by atoms with Crippen molar-refractivity contribution in [3.8, 4) is 0 Å². The van der Waals surface area contributed by atoms with Crippen LogP contribution in [0, 0.1) is 0 Å². The molecule has 0 aliphatic carbocycles. The number of carbonyl (C=O) groups excluding carboxylic acids is 1. The van der Waals surface area contributed by atoms with Crippen molar-refractivity contribution < 1.29 is 19.8 Å². The third kappa shape index (κ3) is 4.04. The molecule has 1 amide bonds. The standard InChI is InChI=1S/C13H18N2O4/c1-8(16)11(13(18)19)15-12(17)10-5-3-2-4-9(10)6-7-14/h2-5,8,11,16H,6-7,14H2,1H3,(H,15,17)(H,18,19)/t8-,11+/m1/s1. The predicted molar refractivity (Wildman–Crippen MR) is 69.8 cm³/mol. The summed E-state index contributed by atoms with van der Waals surface area (Å²) in [7, 11) is 0. The summed E-state index contributed by atoms with van der Waals surface area (Å²) in [6.45, 7) is 1.70. The molecular formula is C13H18N2O4. The van der Waals surface area contributed by atoms with Gasteiger partial charge in [-0.1, -0.05) is 18.2 Å². The molecule has 6 nitrogen and oxygen atoms in total. The first-order chi connectivity index (χ1) is 8.97. The molecule has 0 aliphatic heterocycles. The summed E-state index contributed by atoms with van der Waals surface area (Å²) < 4.78 is 0. The van der Waals surface area contributed by atoms with Gasteiger partial charge in [0.05, 0.1) is 6.10 Å². The van der Waals surface area contributed by atoms with E-state index in [-0.39, 0.29) is 0 Å². The zero-order valence-corrected chi connectivity index (χ0v) is 10.7. The van der Waals surface area contributed by atoms with E-state index < -0.39 is 24.0 Å². The second-order valence-corrected chi connectivity index (χ2v) is 4.23. The maximum Gasteiger partial charge on any atom is 0.328 e. The van der Waals surface area contributed by atoms with Crippen molar-refractivity contribution in [1.82, 2.24) is 5.32 Å². The van der Waals surface area contributed by atoms with Crippen LogP contribution in [0.15, 0.2) is 24.3 Å². The molecule has 0 aliphatic rings. The molecule has 5 N–H and O–H groups in total. The molecule has 0 saturated heterocycles. The molecule has 1 rings (SSSR count). The Morgan fingerprint density at radius 2 is 2.00 bits per heavy atom. The van der Waals surface area contributed by atoms with Crippen LogP contribution in [0.2, 0.25) is 0 Å². The number of hydrogen-bond acceptors (Lipinski definition) is 4. The maximum absolute atomic E-state index is 12.0. The number of aliphatic hydroxyl groups is 1. The molecule has 0 spiro atoms. The molecule has 0 unspecified atom stereocenters. The number of nitrogens with one attached hydrogen (secondary N) is 1. The Balaban J connectivity index is 2.91. The molecule has 2 atom stereocenters. The van der Waals surface area contributed by atoms with E-state index in [1.807, 2.05) is 0 Å². The Bertz CT molecular complexity index is 460. The van der Waals surface area contributed by atoms with Crippen molar-refractivity contribution in [2.24, 2.45) is 5.73 Å². The molecule has 0 fully saturated rings. The Hall–Kier alpha value is -1.92. The number of hydrogen-bond donors (Lipinski definition) is 4. The summed E-state index contributed by atoms with van der Waals surface area (Å²) >= 11 is 0. The summed E-state index contributed by atoms with van der Waals surface area (Å²) in [6.07, 6.45) is -0.654. The first-order valence-electron chi connectivity index (χ1n) is 5.97. The van der Waals surface area contributed by atoms with E-state index >= 15 is 0 Å². The fourth-order valence-electron chi connectivity index (χ4n) is 1.72. The lowest BCUT2D eigenvalue weighted by atomic mass is 10.0. The number of rotatable bonds is 6. The predicted octanol–water partition coefficient (Wildman–Crippen LogP) is -0.248. The largest absolute Gasteiger partial charge is 0.480 e. The fourth-order valence-corrected chi connectivity index (χ4v) is 1.72. The van der Waals surface area contributed by atoms with Gasteiger partial charge in [0.2, 0.25) is 0 Å². The van der Waals surface area contributed by atoms with Gasteiger partial charge in [-0.25, -0.2) is 4.79 Å². The Labute approximate surface area is 111 Å². The number of carbonyl (C=O) groups is 2. The van der Waals surface area contributed by atoms with Gasteiger partial charge in [0.25, 0.3) is 5.91 Å². The average Bonchev–Trinajstić information content (AvgIpc) is 2.36. The van der Waals surface area contributed by atoms with Crippen LogP contribution in [0.3, 0.4) is 0 Å². The molecular weight excluding hydrogens is 248 g/mol. The summed E-state index contributed by atoms with van der Waals surface area (Å²) in [5.41, 5.74) is 6.58. The van der Waals surface area contributed by atoms with Crippen molar-refractivity contribution in [1.29, 1.82) is 0 Å². The van der Waals surface area contributed by atoms with Crippen LogP contribution in [0.25, 0.3) is 0 Å². The highest BCUT2D eigenvalue weighted by atomic mass is 16.4. The van der Waals surface area contributed by atoms with Crippen molar-refractivity contribution >= 4 is 11.9 Å². The van der Waals surface area contributed by atoms with Crippen LogP contribution in [0.4, 0.5) is 0 Å². The number of amides is 1. The minimum atomic E-state index is -1.33. The summed E-state index contributed by atoms with van der Waals surface area (Å²) in [4.78, 5) is 23.0. The zero-order valence-electron chi connectivity index (χ0n) is 10.7. The molecule has 1 aromatic carbocycles. The van der Waals surface area contributed by atoms with Crippen molar-refractivity contribution in [2.75, 3.05) is 6.54 Å². The second kappa shape index (κ2) is 6.86. The quantitative estimate of drug-likeness (QED) is 0.567. The third-order valence-corrected chi connectivity index (χ3v) is 2.71. The molecule has 1 aromatic rings. The summed E-state index contributed by atoms with van der Waals surface area (Å²) in [5.74, 6) is -1.81. The number of aliphatic carboxylic acids is 1. The highest BCUT2D eigenvalue weighted by Gasteiger charge is 2.26. The number of aliphatic hydroxyl groups excluding tert-OH is 1. The van der Waals surface area contributed by atoms with Gasteiger partial charge in [0, 0.05) is 5.56 Å². The van der Waals surface area contributed by atoms with Crippen LogP contribution in [-0.4, -0.2) is 40.8 Å². The van der Waals surface area contributed by atoms with Crippen molar-refractivity contribution in [3.63, 3.8) is 0 Å². The first kappa shape index (κ1) is 15.1. The average molecular weight is 266 g/mol. The van der Waals surface area contributed by atoms with Crippen LogP contribution in [0.1, 0.15) is 22.8 Å². The SMILES string of the molecule is C[C@@H](O)[C@H](NC(=O)c1ccccc1CCN)C(=O)O. The van der Waals surface area contributed by atoms with Gasteiger partial charge in [0.1, 0.15) is 0 Å². The molecule has 6 heteroatoms. The van der Waals surface area contributed by atoms with Crippen LogP contribution in [-0.2, 0) is 11.2 Å². The Kier molecular flexibility index (Phi) is 5.47. The van der Waals surface area contributed by atoms with Gasteiger partial charge < -0.3 is 21.3 Å². The van der Waals surface area contributed by atoms with E-state index in [0.717, 1.165) is 5.56 Å². The normalized spacial score (nSPS) is 13.6. The van der Waals surface area contributed by atoms with E-state index in [9.17, 15) is 14.7 Å². The highest BCUT2D eigenvalue weighted by Crippen LogP contribution is 2.10. The van der Waals surface area contributed by atoms with Gasteiger partial charge >= 0.3 is 5.97 Å². The van der Waals surface area contributed by atoms with Crippen LogP contribution in [0.5, 0.6) is 0 Å². The second-order valence-electron chi connectivity index (χ2n) is 4.23. The number of nitrogens with two attached hydrogens (primary N) is 1. The number of carboxylic acid groups (broad SMARTS) is 1. The smallest absolute Gasteiger partial charge is 0.328 e. The summed E-state index contributed by atoms with van der Waals surface area (Å²) in [6, 6.07) is 5.50. The van der Waals surface area contributed by atoms with Gasteiger partial charge in [-0.3, -0.25) is 4.79 Å². The number of benzene rings is 1.